The molecule has 10 heteroatoms. The Labute approximate surface area is 112 Å². The summed E-state index contributed by atoms with van der Waals surface area (Å²) in [5.74, 6) is 5.52. The number of hydrogen-bond acceptors (Lipinski definition) is 9. The van der Waals surface area contributed by atoms with Crippen molar-refractivity contribution in [2.24, 2.45) is 5.84 Å². The highest BCUT2D eigenvalue weighted by Crippen LogP contribution is 2.15. The molecule has 0 atom stereocenters. The van der Waals surface area contributed by atoms with Gasteiger partial charge in [-0.15, -0.1) is 0 Å². The molecule has 0 spiro atoms. The van der Waals surface area contributed by atoms with Crippen molar-refractivity contribution in [1.82, 2.24) is 24.7 Å². The van der Waals surface area contributed by atoms with Gasteiger partial charge in [-0.05, 0) is 6.07 Å². The van der Waals surface area contributed by atoms with Crippen molar-refractivity contribution in [2.75, 3.05) is 18.3 Å². The summed E-state index contributed by atoms with van der Waals surface area (Å²) in [5, 5.41) is 4.35. The van der Waals surface area contributed by atoms with Gasteiger partial charge in [0.05, 0.1) is 12.9 Å². The van der Waals surface area contributed by atoms with Gasteiger partial charge in [-0.3, -0.25) is 10.2 Å². The third kappa shape index (κ3) is 3.39. The number of nitrogens with two attached hydrogens (primary N) is 1. The van der Waals surface area contributed by atoms with Crippen LogP contribution in [0.15, 0.2) is 23.6 Å². The summed E-state index contributed by atoms with van der Waals surface area (Å²) in [6, 6.07) is 1.74. The minimum absolute atomic E-state index is 0.100. The van der Waals surface area contributed by atoms with E-state index in [1.807, 2.05) is 0 Å². The molecule has 0 saturated heterocycles. The van der Waals surface area contributed by atoms with Crippen molar-refractivity contribution in [3.8, 4) is 5.95 Å². The smallest absolute Gasteiger partial charge is 0.316 e. The molecule has 0 radical (unpaired) electrons. The lowest BCUT2D eigenvalue weighted by atomic mass is 10.7. The zero-order valence-corrected chi connectivity index (χ0v) is 10.8. The van der Waals surface area contributed by atoms with Crippen LogP contribution in [0.25, 0.3) is 5.95 Å². The van der Waals surface area contributed by atoms with Crippen LogP contribution in [0, 0.1) is 0 Å². The number of thioether (sulfide) groups is 1. The van der Waals surface area contributed by atoms with Crippen molar-refractivity contribution in [2.45, 2.75) is 5.16 Å². The molecule has 2 aromatic rings. The number of ether oxygens (including phenoxy) is 1. The third-order valence-corrected chi connectivity index (χ3v) is 2.81. The Morgan fingerprint density at radius 3 is 3.00 bits per heavy atom. The molecular weight excluding hydrogens is 270 g/mol. The van der Waals surface area contributed by atoms with Crippen molar-refractivity contribution in [3.63, 3.8) is 0 Å². The lowest BCUT2D eigenvalue weighted by Gasteiger charge is -2.05. The van der Waals surface area contributed by atoms with Crippen molar-refractivity contribution in [3.05, 3.63) is 18.5 Å². The molecule has 0 unspecified atom stereocenters. The van der Waals surface area contributed by atoms with Crippen LogP contribution >= 0.6 is 11.8 Å². The van der Waals surface area contributed by atoms with Gasteiger partial charge in [0, 0.05) is 12.4 Å². The summed E-state index contributed by atoms with van der Waals surface area (Å²) in [6.45, 7) is 0. The van der Waals surface area contributed by atoms with Gasteiger partial charge in [0.1, 0.15) is 0 Å². The molecule has 0 aliphatic carbocycles. The van der Waals surface area contributed by atoms with E-state index in [0.29, 0.717) is 11.1 Å². The molecule has 9 nitrogen and oxygen atoms in total. The van der Waals surface area contributed by atoms with Crippen LogP contribution in [0.4, 0.5) is 5.95 Å². The molecular formula is C9H11N7O2S. The molecule has 19 heavy (non-hydrogen) atoms. The molecule has 0 aliphatic heterocycles. The number of hydrogen-bond donors (Lipinski definition) is 2. The minimum atomic E-state index is -0.367. The summed E-state index contributed by atoms with van der Waals surface area (Å²) < 4.78 is 6.01. The highest BCUT2D eigenvalue weighted by atomic mass is 32.2. The van der Waals surface area contributed by atoms with Gasteiger partial charge in [0.25, 0.3) is 5.95 Å². The number of carbonyl (C=O) groups is 1. The van der Waals surface area contributed by atoms with Crippen LogP contribution in [0.3, 0.4) is 0 Å². The maximum Gasteiger partial charge on any atom is 0.316 e. The summed E-state index contributed by atoms with van der Waals surface area (Å²) in [6.07, 6.45) is 3.28. The minimum Gasteiger partial charge on any atom is -0.468 e. The van der Waals surface area contributed by atoms with Crippen molar-refractivity contribution < 1.29 is 9.53 Å². The van der Waals surface area contributed by atoms with Crippen LogP contribution < -0.4 is 11.3 Å². The second-order valence-corrected chi connectivity index (χ2v) is 4.14. The Kier molecular flexibility index (Phi) is 4.26. The predicted octanol–water partition coefficient (Wildman–Crippen LogP) is -0.392. The molecule has 0 bridgehead atoms. The number of nitrogens with one attached hydrogen (secondary N) is 1. The largest absolute Gasteiger partial charge is 0.468 e. The number of methoxy groups -OCH3 is 1. The van der Waals surface area contributed by atoms with Crippen molar-refractivity contribution >= 4 is 23.7 Å². The molecule has 2 rings (SSSR count). The molecule has 2 aromatic heterocycles. The molecule has 0 aromatic carbocycles. The summed E-state index contributed by atoms with van der Waals surface area (Å²) in [7, 11) is 1.32. The first-order chi connectivity index (χ1) is 9.22. The number of anilines is 1. The number of nitrogen functional groups attached to an aromatic ring is 1. The molecule has 100 valence electrons. The van der Waals surface area contributed by atoms with E-state index >= 15 is 0 Å². The monoisotopic (exact) mass is 281 g/mol. The third-order valence-electron chi connectivity index (χ3n) is 1.99. The van der Waals surface area contributed by atoms with Gasteiger partial charge >= 0.3 is 5.97 Å². The zero-order chi connectivity index (χ0) is 13.7. The van der Waals surface area contributed by atoms with E-state index in [-0.39, 0.29) is 17.7 Å². The number of aromatic nitrogens is 5. The average Bonchev–Trinajstić information content (AvgIpc) is 2.98. The Balaban J connectivity index is 2.23. The quantitative estimate of drug-likeness (QED) is 0.326. The molecule has 0 saturated carbocycles. The lowest BCUT2D eigenvalue weighted by molar-refractivity contribution is -0.137. The Hall–Kier alpha value is -2.20. The zero-order valence-electron chi connectivity index (χ0n) is 9.98. The second kappa shape index (κ2) is 6.11. The normalized spacial score (nSPS) is 10.2. The average molecular weight is 281 g/mol. The number of esters is 1. The van der Waals surface area contributed by atoms with E-state index in [4.69, 9.17) is 5.84 Å². The van der Waals surface area contributed by atoms with Gasteiger partial charge in [-0.25, -0.2) is 10.5 Å². The summed E-state index contributed by atoms with van der Waals surface area (Å²) in [5.41, 5.74) is 2.34. The van der Waals surface area contributed by atoms with Gasteiger partial charge in [0.2, 0.25) is 5.95 Å². The van der Waals surface area contributed by atoms with E-state index < -0.39 is 0 Å². The fraction of sp³-hybridized carbons (Fsp3) is 0.222. The fourth-order valence-corrected chi connectivity index (χ4v) is 1.81. The summed E-state index contributed by atoms with van der Waals surface area (Å²) >= 11 is 1.12. The van der Waals surface area contributed by atoms with Crippen molar-refractivity contribution in [1.29, 1.82) is 0 Å². The molecule has 2 heterocycles. The number of carbonyl (C=O) groups excluding carboxylic acids is 1. The van der Waals surface area contributed by atoms with Gasteiger partial charge in [-0.1, -0.05) is 11.8 Å². The van der Waals surface area contributed by atoms with Crippen LogP contribution in [0.1, 0.15) is 0 Å². The standard InChI is InChI=1S/C9H11N7O2S/c1-18-6(17)5-19-9-13-7(15-10)12-8(14-9)16-4-2-3-11-16/h2-4H,5,10H2,1H3,(H,12,13,14,15). The first-order valence-electron chi connectivity index (χ1n) is 5.15. The van der Waals surface area contributed by atoms with Gasteiger partial charge in [-0.2, -0.15) is 20.1 Å². The number of hydrazine groups is 1. The van der Waals surface area contributed by atoms with E-state index in [9.17, 15) is 4.79 Å². The Morgan fingerprint density at radius 1 is 1.53 bits per heavy atom. The van der Waals surface area contributed by atoms with Gasteiger partial charge in [0.15, 0.2) is 5.16 Å². The maximum atomic E-state index is 11.1. The highest BCUT2D eigenvalue weighted by Gasteiger charge is 2.10. The second-order valence-electron chi connectivity index (χ2n) is 3.20. The molecule has 0 aliphatic rings. The first kappa shape index (κ1) is 13.2. The summed E-state index contributed by atoms with van der Waals surface area (Å²) in [4.78, 5) is 23.3. The van der Waals surface area contributed by atoms with Crippen LogP contribution in [-0.4, -0.2) is 43.6 Å². The number of nitrogens with zero attached hydrogens (tertiary/aromatic N) is 5. The molecule has 3 N–H and O–H groups in total. The van der Waals surface area contributed by atoms with Crippen LogP contribution in [0.5, 0.6) is 0 Å². The predicted molar refractivity (Wildman–Crippen MR) is 67.5 cm³/mol. The van der Waals surface area contributed by atoms with E-state index in [2.05, 4.69) is 30.2 Å². The lowest BCUT2D eigenvalue weighted by Crippen LogP contribution is -2.14. The number of rotatable bonds is 5. The van der Waals surface area contributed by atoms with E-state index in [1.165, 1.54) is 11.8 Å². The highest BCUT2D eigenvalue weighted by molar-refractivity contribution is 7.99. The first-order valence-corrected chi connectivity index (χ1v) is 6.14. The van der Waals surface area contributed by atoms with Crippen LogP contribution in [0.2, 0.25) is 0 Å². The molecule has 0 amide bonds. The Bertz CT molecular complexity index is 560. The molecule has 0 fully saturated rings. The van der Waals surface area contributed by atoms with E-state index in [1.54, 1.807) is 18.5 Å². The maximum absolute atomic E-state index is 11.1. The SMILES string of the molecule is COC(=O)CSc1nc(NN)nc(-n2cccn2)n1. The topological polar surface area (TPSA) is 121 Å². The van der Waals surface area contributed by atoms with E-state index in [0.717, 1.165) is 11.8 Å². The van der Waals surface area contributed by atoms with Crippen LogP contribution in [-0.2, 0) is 9.53 Å². The fourth-order valence-electron chi connectivity index (χ4n) is 1.15. The van der Waals surface area contributed by atoms with Gasteiger partial charge < -0.3 is 4.74 Å². The Morgan fingerprint density at radius 2 is 2.37 bits per heavy atom.